The van der Waals surface area contributed by atoms with Gasteiger partial charge in [-0.1, -0.05) is 0 Å². The smallest absolute Gasteiger partial charge is 0.257 e. The summed E-state index contributed by atoms with van der Waals surface area (Å²) >= 11 is 0. The zero-order valence-electron chi connectivity index (χ0n) is 13.6. The Hall–Kier alpha value is -1.40. The van der Waals surface area contributed by atoms with Crippen molar-refractivity contribution in [2.24, 2.45) is 5.92 Å². The zero-order valence-corrected chi connectivity index (χ0v) is 13.6. The van der Waals surface area contributed by atoms with Crippen LogP contribution in [0.5, 0.6) is 5.88 Å². The maximum absolute atomic E-state index is 5.46. The lowest BCUT2D eigenvalue weighted by atomic mass is 9.89. The molecule has 3 rings (SSSR count). The van der Waals surface area contributed by atoms with E-state index in [1.54, 1.807) is 19.5 Å². The summed E-state index contributed by atoms with van der Waals surface area (Å²) in [5.74, 6) is 2.25. The van der Waals surface area contributed by atoms with E-state index < -0.39 is 0 Å². The highest BCUT2D eigenvalue weighted by atomic mass is 16.5. The topological polar surface area (TPSA) is 50.7 Å². The summed E-state index contributed by atoms with van der Waals surface area (Å²) in [6.45, 7) is 8.30. The van der Waals surface area contributed by atoms with Crippen LogP contribution < -0.4 is 9.64 Å². The second-order valence-corrected chi connectivity index (χ2v) is 6.10. The third kappa shape index (κ3) is 3.33. The van der Waals surface area contributed by atoms with Crippen LogP contribution in [-0.4, -0.2) is 67.4 Å². The summed E-state index contributed by atoms with van der Waals surface area (Å²) in [5.41, 5.74) is 0. The second kappa shape index (κ2) is 7.24. The molecule has 0 spiro atoms. The molecule has 0 N–H and O–H groups in total. The molecule has 22 heavy (non-hydrogen) atoms. The molecular weight excluding hydrogens is 280 g/mol. The number of hydrogen-bond donors (Lipinski definition) is 0. The van der Waals surface area contributed by atoms with E-state index in [2.05, 4.69) is 26.7 Å². The van der Waals surface area contributed by atoms with Crippen LogP contribution in [0.25, 0.3) is 0 Å². The standard InChI is InChI=1S/C16H26N4O2/c1-13(19-9-11-22-12-10-19)14-3-7-20(8-4-14)15-16(21-2)18-6-5-17-15/h5-6,13-14H,3-4,7-12H2,1-2H3/t13-/m1/s1. The SMILES string of the molecule is COc1nccnc1N1CCC([C@@H](C)N2CCOCC2)CC1. The Morgan fingerprint density at radius 2 is 1.82 bits per heavy atom. The van der Waals surface area contributed by atoms with Crippen molar-refractivity contribution in [2.75, 3.05) is 51.4 Å². The Kier molecular flexibility index (Phi) is 5.10. The highest BCUT2D eigenvalue weighted by Gasteiger charge is 2.29. The minimum Gasteiger partial charge on any atom is -0.478 e. The average Bonchev–Trinajstić information content (AvgIpc) is 2.62. The third-order valence-electron chi connectivity index (χ3n) is 4.98. The van der Waals surface area contributed by atoms with Gasteiger partial charge in [0.05, 0.1) is 20.3 Å². The van der Waals surface area contributed by atoms with Crippen molar-refractivity contribution in [3.8, 4) is 5.88 Å². The van der Waals surface area contributed by atoms with Crippen molar-refractivity contribution in [3.63, 3.8) is 0 Å². The van der Waals surface area contributed by atoms with Crippen LogP contribution in [0, 0.1) is 5.92 Å². The molecule has 3 heterocycles. The minimum atomic E-state index is 0.627. The Labute approximate surface area is 132 Å². The van der Waals surface area contributed by atoms with Gasteiger partial charge in [0.1, 0.15) is 0 Å². The van der Waals surface area contributed by atoms with Crippen LogP contribution >= 0.6 is 0 Å². The third-order valence-corrected chi connectivity index (χ3v) is 4.98. The highest BCUT2D eigenvalue weighted by Crippen LogP contribution is 2.30. The fourth-order valence-corrected chi connectivity index (χ4v) is 3.56. The molecule has 0 aromatic carbocycles. The number of aromatic nitrogens is 2. The molecule has 0 unspecified atom stereocenters. The van der Waals surface area contributed by atoms with Gasteiger partial charge in [0.2, 0.25) is 0 Å². The van der Waals surface area contributed by atoms with E-state index in [0.717, 1.165) is 51.1 Å². The zero-order chi connectivity index (χ0) is 15.4. The van der Waals surface area contributed by atoms with E-state index in [9.17, 15) is 0 Å². The molecule has 2 fully saturated rings. The van der Waals surface area contributed by atoms with Crippen LogP contribution in [-0.2, 0) is 4.74 Å². The van der Waals surface area contributed by atoms with Gasteiger partial charge in [0.15, 0.2) is 5.82 Å². The molecule has 1 atom stereocenters. The lowest BCUT2D eigenvalue weighted by Gasteiger charge is -2.41. The van der Waals surface area contributed by atoms with Crippen LogP contribution in [0.2, 0.25) is 0 Å². The fraction of sp³-hybridized carbons (Fsp3) is 0.750. The Balaban J connectivity index is 1.57. The quantitative estimate of drug-likeness (QED) is 0.838. The summed E-state index contributed by atoms with van der Waals surface area (Å²) in [7, 11) is 1.65. The number of rotatable bonds is 4. The number of methoxy groups -OCH3 is 1. The number of hydrogen-bond acceptors (Lipinski definition) is 6. The van der Waals surface area contributed by atoms with Gasteiger partial charge >= 0.3 is 0 Å². The first-order valence-corrected chi connectivity index (χ1v) is 8.21. The predicted octanol–water partition coefficient (Wildman–Crippen LogP) is 1.42. The molecule has 0 amide bonds. The monoisotopic (exact) mass is 306 g/mol. The van der Waals surface area contributed by atoms with Gasteiger partial charge in [-0.2, -0.15) is 0 Å². The molecule has 2 aliphatic heterocycles. The van der Waals surface area contributed by atoms with Crippen molar-refractivity contribution < 1.29 is 9.47 Å². The molecule has 0 saturated carbocycles. The number of anilines is 1. The molecule has 2 saturated heterocycles. The van der Waals surface area contributed by atoms with E-state index in [-0.39, 0.29) is 0 Å². The molecule has 6 heteroatoms. The number of morpholine rings is 1. The van der Waals surface area contributed by atoms with Gasteiger partial charge in [-0.15, -0.1) is 0 Å². The molecule has 122 valence electrons. The first-order chi connectivity index (χ1) is 10.8. The van der Waals surface area contributed by atoms with Crippen molar-refractivity contribution >= 4 is 5.82 Å². The van der Waals surface area contributed by atoms with Crippen LogP contribution in [0.4, 0.5) is 5.82 Å². The molecular formula is C16H26N4O2. The maximum Gasteiger partial charge on any atom is 0.257 e. The van der Waals surface area contributed by atoms with Gasteiger partial charge < -0.3 is 14.4 Å². The van der Waals surface area contributed by atoms with Crippen molar-refractivity contribution in [1.29, 1.82) is 0 Å². The van der Waals surface area contributed by atoms with Gasteiger partial charge in [0, 0.05) is 44.6 Å². The van der Waals surface area contributed by atoms with Crippen molar-refractivity contribution in [3.05, 3.63) is 12.4 Å². The normalized spacial score (nSPS) is 22.5. The van der Waals surface area contributed by atoms with Crippen LogP contribution in [0.3, 0.4) is 0 Å². The van der Waals surface area contributed by atoms with Gasteiger partial charge in [0.25, 0.3) is 5.88 Å². The van der Waals surface area contributed by atoms with E-state index in [1.807, 2.05) is 0 Å². The van der Waals surface area contributed by atoms with E-state index in [0.29, 0.717) is 11.9 Å². The summed E-state index contributed by atoms with van der Waals surface area (Å²) in [6.07, 6.45) is 5.80. The second-order valence-electron chi connectivity index (χ2n) is 6.10. The van der Waals surface area contributed by atoms with E-state index in [4.69, 9.17) is 9.47 Å². The first-order valence-electron chi connectivity index (χ1n) is 8.21. The number of ether oxygens (including phenoxy) is 2. The highest BCUT2D eigenvalue weighted by molar-refractivity contribution is 5.48. The summed E-state index contributed by atoms with van der Waals surface area (Å²) in [4.78, 5) is 13.6. The lowest BCUT2D eigenvalue weighted by molar-refractivity contribution is 0.00447. The minimum absolute atomic E-state index is 0.627. The summed E-state index contributed by atoms with van der Waals surface area (Å²) in [6, 6.07) is 0.634. The van der Waals surface area contributed by atoms with Crippen LogP contribution in [0.15, 0.2) is 12.4 Å². The van der Waals surface area contributed by atoms with Gasteiger partial charge in [-0.3, -0.25) is 4.90 Å². The molecule has 0 radical (unpaired) electrons. The molecule has 0 aliphatic carbocycles. The lowest BCUT2D eigenvalue weighted by Crippen LogP contribution is -2.48. The largest absolute Gasteiger partial charge is 0.478 e. The van der Waals surface area contributed by atoms with Crippen molar-refractivity contribution in [2.45, 2.75) is 25.8 Å². The van der Waals surface area contributed by atoms with Crippen LogP contribution in [0.1, 0.15) is 19.8 Å². The average molecular weight is 306 g/mol. The fourth-order valence-electron chi connectivity index (χ4n) is 3.56. The Morgan fingerprint density at radius 3 is 2.50 bits per heavy atom. The molecule has 6 nitrogen and oxygen atoms in total. The first kappa shape index (κ1) is 15.5. The van der Waals surface area contributed by atoms with E-state index >= 15 is 0 Å². The van der Waals surface area contributed by atoms with Crippen molar-refractivity contribution in [1.82, 2.24) is 14.9 Å². The van der Waals surface area contributed by atoms with Gasteiger partial charge in [-0.05, 0) is 25.7 Å². The molecule has 1 aromatic heterocycles. The predicted molar refractivity (Wildman–Crippen MR) is 85.4 cm³/mol. The summed E-state index contributed by atoms with van der Waals surface area (Å²) < 4.78 is 10.8. The Morgan fingerprint density at radius 1 is 1.14 bits per heavy atom. The summed E-state index contributed by atoms with van der Waals surface area (Å²) in [5, 5.41) is 0. The maximum atomic E-state index is 5.46. The molecule has 2 aliphatic rings. The molecule has 0 bridgehead atoms. The number of nitrogens with zero attached hydrogens (tertiary/aromatic N) is 4. The number of piperidine rings is 1. The van der Waals surface area contributed by atoms with E-state index in [1.165, 1.54) is 12.8 Å². The Bertz CT molecular complexity index is 471. The van der Waals surface area contributed by atoms with Gasteiger partial charge in [-0.25, -0.2) is 9.97 Å². The molecule has 1 aromatic rings.